The molecule has 0 bridgehead atoms. The summed E-state index contributed by atoms with van der Waals surface area (Å²) in [6.45, 7) is 0.423. The molecule has 0 saturated heterocycles. The summed E-state index contributed by atoms with van der Waals surface area (Å²) in [5.74, 6) is -1.05. The normalized spacial score (nSPS) is 14.6. The third-order valence-corrected chi connectivity index (χ3v) is 4.18. The maximum Gasteiger partial charge on any atom is 0.335 e. The van der Waals surface area contributed by atoms with Crippen molar-refractivity contribution in [1.29, 1.82) is 0 Å². The molecule has 6 nitrogen and oxygen atoms in total. The van der Waals surface area contributed by atoms with Gasteiger partial charge in [-0.1, -0.05) is 24.3 Å². The van der Waals surface area contributed by atoms with Gasteiger partial charge in [0.05, 0.1) is 18.8 Å². The minimum Gasteiger partial charge on any atom is -0.508 e. The Balaban J connectivity index is 1.64. The Hall–Kier alpha value is -2.86. The number of aryl methyl sites for hydroxylation is 1. The smallest absolute Gasteiger partial charge is 0.335 e. The molecule has 0 unspecified atom stereocenters. The number of carbonyl (C=O) groups excluding carboxylic acids is 1. The van der Waals surface area contributed by atoms with Crippen molar-refractivity contribution in [2.45, 2.75) is 19.3 Å². The average molecular weight is 341 g/mol. The highest BCUT2D eigenvalue weighted by atomic mass is 16.5. The maximum absolute atomic E-state index is 12.1. The number of nitrogens with one attached hydrogen (secondary N) is 1. The van der Waals surface area contributed by atoms with E-state index in [0.29, 0.717) is 25.1 Å². The van der Waals surface area contributed by atoms with Gasteiger partial charge in [0.15, 0.2) is 0 Å². The third kappa shape index (κ3) is 4.16. The lowest BCUT2D eigenvalue weighted by Crippen LogP contribution is -2.30. The molecule has 0 spiro atoms. The largest absolute Gasteiger partial charge is 0.508 e. The summed E-state index contributed by atoms with van der Waals surface area (Å²) in [5.41, 5.74) is 1.57. The van der Waals surface area contributed by atoms with Crippen LogP contribution in [0.4, 0.5) is 0 Å². The van der Waals surface area contributed by atoms with Crippen molar-refractivity contribution in [2.75, 3.05) is 13.2 Å². The van der Waals surface area contributed by atoms with E-state index in [-0.39, 0.29) is 30.3 Å². The van der Waals surface area contributed by atoms with E-state index in [1.54, 1.807) is 12.1 Å². The number of ether oxygens (including phenoxy) is 1. The molecule has 2 aromatic carbocycles. The van der Waals surface area contributed by atoms with Crippen LogP contribution in [0.25, 0.3) is 10.8 Å². The molecule has 25 heavy (non-hydrogen) atoms. The number of fused-ring (bicyclic) bond motifs is 1. The Bertz CT molecular complexity index is 856. The van der Waals surface area contributed by atoms with E-state index in [1.165, 1.54) is 0 Å². The second kappa shape index (κ2) is 7.36. The van der Waals surface area contributed by atoms with Gasteiger partial charge in [-0.2, -0.15) is 0 Å². The molecular weight excluding hydrogens is 322 g/mol. The molecular formula is C19H19NO5. The number of aliphatic carboxylic acids is 1. The lowest BCUT2D eigenvalue weighted by atomic mass is 10.0. The van der Waals surface area contributed by atoms with Gasteiger partial charge in [-0.3, -0.25) is 4.79 Å². The average Bonchev–Trinajstić information content (AvgIpc) is 2.60. The topological polar surface area (TPSA) is 95.9 Å². The van der Waals surface area contributed by atoms with E-state index in [0.717, 1.165) is 16.3 Å². The molecule has 0 fully saturated rings. The second-order valence-electron chi connectivity index (χ2n) is 5.98. The first kappa shape index (κ1) is 17.0. The van der Waals surface area contributed by atoms with E-state index in [2.05, 4.69) is 5.32 Å². The molecule has 3 rings (SSSR count). The number of hydrogen-bond donors (Lipinski definition) is 3. The lowest BCUT2D eigenvalue weighted by Gasteiger charge is -2.19. The fourth-order valence-electron chi connectivity index (χ4n) is 2.84. The minimum atomic E-state index is -1.06. The predicted octanol–water partition coefficient (Wildman–Crippen LogP) is 2.35. The zero-order valence-electron chi connectivity index (χ0n) is 13.6. The van der Waals surface area contributed by atoms with Gasteiger partial charge in [-0.25, -0.2) is 4.79 Å². The van der Waals surface area contributed by atoms with Crippen LogP contribution in [0, 0.1) is 0 Å². The third-order valence-electron chi connectivity index (χ3n) is 4.18. The van der Waals surface area contributed by atoms with Gasteiger partial charge in [0.1, 0.15) is 5.75 Å². The van der Waals surface area contributed by atoms with Crippen LogP contribution in [0.15, 0.2) is 47.7 Å². The molecule has 1 aliphatic rings. The number of carboxylic acid groups (broad SMARTS) is 1. The number of carbonyl (C=O) groups is 2. The van der Waals surface area contributed by atoms with Gasteiger partial charge < -0.3 is 20.3 Å². The number of carboxylic acids is 1. The number of phenols is 1. The van der Waals surface area contributed by atoms with Gasteiger partial charge >= 0.3 is 5.97 Å². The SMILES string of the molecule is O=C(CCc1ccc2cc(O)ccc2c1)NC1=C(C(=O)O)COCC1. The molecule has 1 heterocycles. The fourth-order valence-corrected chi connectivity index (χ4v) is 2.84. The van der Waals surface area contributed by atoms with Gasteiger partial charge in [0.25, 0.3) is 0 Å². The van der Waals surface area contributed by atoms with Crippen molar-refractivity contribution < 1.29 is 24.5 Å². The Morgan fingerprint density at radius 3 is 2.68 bits per heavy atom. The Morgan fingerprint density at radius 1 is 1.12 bits per heavy atom. The molecule has 0 aliphatic carbocycles. The highest BCUT2D eigenvalue weighted by Crippen LogP contribution is 2.21. The standard InChI is InChI=1S/C19H19NO5/c21-15-5-4-13-9-12(1-3-14(13)10-15)2-6-18(22)20-17-7-8-25-11-16(17)19(23)24/h1,3-5,9-10,21H,2,6-8,11H2,(H,20,22)(H,23,24). The number of aromatic hydroxyl groups is 1. The molecule has 0 saturated carbocycles. The van der Waals surface area contributed by atoms with Crippen LogP contribution in [0.3, 0.4) is 0 Å². The zero-order chi connectivity index (χ0) is 17.8. The minimum absolute atomic E-state index is 0.0163. The second-order valence-corrected chi connectivity index (χ2v) is 5.98. The highest BCUT2D eigenvalue weighted by Gasteiger charge is 2.20. The summed E-state index contributed by atoms with van der Waals surface area (Å²) in [5, 5.41) is 23.3. The lowest BCUT2D eigenvalue weighted by molar-refractivity contribution is -0.133. The first-order valence-corrected chi connectivity index (χ1v) is 8.07. The molecule has 1 aliphatic heterocycles. The number of benzene rings is 2. The van der Waals surface area contributed by atoms with Gasteiger partial charge in [-0.05, 0) is 34.9 Å². The van der Waals surface area contributed by atoms with Crippen molar-refractivity contribution in [2.24, 2.45) is 0 Å². The molecule has 2 aromatic rings. The predicted molar refractivity (Wildman–Crippen MR) is 92.2 cm³/mol. The zero-order valence-corrected chi connectivity index (χ0v) is 13.6. The number of rotatable bonds is 5. The summed E-state index contributed by atoms with van der Waals surface area (Å²) in [7, 11) is 0. The van der Waals surface area contributed by atoms with E-state index in [4.69, 9.17) is 9.84 Å². The van der Waals surface area contributed by atoms with E-state index < -0.39 is 5.97 Å². The summed E-state index contributed by atoms with van der Waals surface area (Å²) in [6, 6.07) is 11.0. The van der Waals surface area contributed by atoms with Crippen molar-refractivity contribution in [1.82, 2.24) is 5.32 Å². The van der Waals surface area contributed by atoms with Gasteiger partial charge in [-0.15, -0.1) is 0 Å². The van der Waals surface area contributed by atoms with Crippen LogP contribution in [0.2, 0.25) is 0 Å². The Labute approximate surface area is 144 Å². The number of amides is 1. The van der Waals surface area contributed by atoms with Crippen molar-refractivity contribution in [3.8, 4) is 5.75 Å². The summed E-state index contributed by atoms with van der Waals surface area (Å²) in [4.78, 5) is 23.3. The summed E-state index contributed by atoms with van der Waals surface area (Å²) < 4.78 is 5.13. The maximum atomic E-state index is 12.1. The van der Waals surface area contributed by atoms with Gasteiger partial charge in [0, 0.05) is 18.5 Å². The fraction of sp³-hybridized carbons (Fsp3) is 0.263. The summed E-state index contributed by atoms with van der Waals surface area (Å²) >= 11 is 0. The Kier molecular flexibility index (Phi) is 5.00. The monoisotopic (exact) mass is 341 g/mol. The van der Waals surface area contributed by atoms with Crippen molar-refractivity contribution in [3.05, 3.63) is 53.2 Å². The number of phenolic OH excluding ortho intramolecular Hbond substituents is 1. The molecule has 0 atom stereocenters. The van der Waals surface area contributed by atoms with Crippen LogP contribution in [0.5, 0.6) is 5.75 Å². The van der Waals surface area contributed by atoms with Gasteiger partial charge in [0.2, 0.25) is 5.91 Å². The molecule has 0 radical (unpaired) electrons. The van der Waals surface area contributed by atoms with Crippen LogP contribution in [-0.2, 0) is 20.7 Å². The van der Waals surface area contributed by atoms with Crippen molar-refractivity contribution >= 4 is 22.6 Å². The Morgan fingerprint density at radius 2 is 1.88 bits per heavy atom. The first-order chi connectivity index (χ1) is 12.0. The molecule has 130 valence electrons. The first-order valence-electron chi connectivity index (χ1n) is 8.07. The quantitative estimate of drug-likeness (QED) is 0.776. The van der Waals surface area contributed by atoms with E-state index in [9.17, 15) is 14.7 Å². The number of hydrogen-bond acceptors (Lipinski definition) is 4. The van der Waals surface area contributed by atoms with Crippen molar-refractivity contribution in [3.63, 3.8) is 0 Å². The molecule has 3 N–H and O–H groups in total. The van der Waals surface area contributed by atoms with Crippen LogP contribution in [0.1, 0.15) is 18.4 Å². The van der Waals surface area contributed by atoms with Crippen LogP contribution < -0.4 is 5.32 Å². The molecule has 1 amide bonds. The molecule has 0 aromatic heterocycles. The highest BCUT2D eigenvalue weighted by molar-refractivity contribution is 5.90. The summed E-state index contributed by atoms with van der Waals surface area (Å²) in [6.07, 6.45) is 1.21. The van der Waals surface area contributed by atoms with E-state index in [1.807, 2.05) is 24.3 Å². The van der Waals surface area contributed by atoms with E-state index >= 15 is 0 Å². The van der Waals surface area contributed by atoms with Crippen LogP contribution in [-0.4, -0.2) is 35.3 Å². The van der Waals surface area contributed by atoms with Crippen LogP contribution >= 0.6 is 0 Å². The molecule has 6 heteroatoms.